The molecule has 1 aliphatic rings. The van der Waals surface area contributed by atoms with E-state index in [2.05, 4.69) is 66.8 Å². The summed E-state index contributed by atoms with van der Waals surface area (Å²) >= 11 is 0. The van der Waals surface area contributed by atoms with Gasteiger partial charge < -0.3 is 5.32 Å². The van der Waals surface area contributed by atoms with E-state index in [0.29, 0.717) is 0 Å². The summed E-state index contributed by atoms with van der Waals surface area (Å²) in [5.74, 6) is 0.934. The summed E-state index contributed by atoms with van der Waals surface area (Å²) in [5.41, 5.74) is 3.97. The molecule has 0 aromatic heterocycles. The topological polar surface area (TPSA) is 12.0 Å². The molecular weight excluding hydrogens is 242 g/mol. The van der Waals surface area contributed by atoms with E-state index in [1.54, 1.807) is 0 Å². The predicted octanol–water partition coefficient (Wildman–Crippen LogP) is 4.63. The molecule has 20 heavy (non-hydrogen) atoms. The zero-order chi connectivity index (χ0) is 13.8. The molecule has 104 valence electrons. The fourth-order valence-electron chi connectivity index (χ4n) is 2.88. The van der Waals surface area contributed by atoms with Gasteiger partial charge in [0.25, 0.3) is 0 Å². The molecular formula is C19H23N. The van der Waals surface area contributed by atoms with Gasteiger partial charge in [0.2, 0.25) is 0 Å². The molecule has 1 nitrogen and oxygen atoms in total. The highest BCUT2D eigenvalue weighted by atomic mass is 15.0. The van der Waals surface area contributed by atoms with Crippen molar-refractivity contribution in [3.05, 3.63) is 60.2 Å². The van der Waals surface area contributed by atoms with Crippen LogP contribution in [0.5, 0.6) is 0 Å². The normalized spacial score (nSPS) is 20.9. The lowest BCUT2D eigenvalue weighted by Gasteiger charge is -2.06. The van der Waals surface area contributed by atoms with E-state index in [1.807, 2.05) is 0 Å². The zero-order valence-electron chi connectivity index (χ0n) is 12.2. The van der Waals surface area contributed by atoms with Gasteiger partial charge in [-0.25, -0.2) is 0 Å². The molecule has 1 heteroatoms. The van der Waals surface area contributed by atoms with Crippen LogP contribution in [0.4, 0.5) is 0 Å². The summed E-state index contributed by atoms with van der Waals surface area (Å²) in [7, 11) is 0. The van der Waals surface area contributed by atoms with Crippen LogP contribution in [-0.2, 0) is 6.54 Å². The van der Waals surface area contributed by atoms with Crippen molar-refractivity contribution in [2.24, 2.45) is 5.92 Å². The molecule has 1 aliphatic carbocycles. The first kappa shape index (κ1) is 13.4. The Bertz CT molecular complexity index is 529. The SMILES string of the molecule is CCCC1CC1NCc1ccc(-c2ccccc2)cc1. The monoisotopic (exact) mass is 265 g/mol. The minimum Gasteiger partial charge on any atom is -0.310 e. The third-order valence-corrected chi connectivity index (χ3v) is 4.21. The largest absolute Gasteiger partial charge is 0.310 e. The van der Waals surface area contributed by atoms with Crippen molar-refractivity contribution in [2.45, 2.75) is 38.8 Å². The van der Waals surface area contributed by atoms with Gasteiger partial charge in [-0.3, -0.25) is 0 Å². The van der Waals surface area contributed by atoms with Crippen molar-refractivity contribution in [3.63, 3.8) is 0 Å². The lowest BCUT2D eigenvalue weighted by Crippen LogP contribution is -2.17. The second-order valence-corrected chi connectivity index (χ2v) is 5.83. The first-order valence-corrected chi connectivity index (χ1v) is 7.74. The van der Waals surface area contributed by atoms with E-state index in [1.165, 1.54) is 36.0 Å². The van der Waals surface area contributed by atoms with Crippen LogP contribution in [0, 0.1) is 5.92 Å². The van der Waals surface area contributed by atoms with Gasteiger partial charge in [0.15, 0.2) is 0 Å². The van der Waals surface area contributed by atoms with E-state index in [-0.39, 0.29) is 0 Å². The molecule has 2 aromatic carbocycles. The van der Waals surface area contributed by atoms with Crippen LogP contribution < -0.4 is 5.32 Å². The van der Waals surface area contributed by atoms with Gasteiger partial charge in [-0.2, -0.15) is 0 Å². The van der Waals surface area contributed by atoms with Crippen molar-refractivity contribution in [2.75, 3.05) is 0 Å². The third-order valence-electron chi connectivity index (χ3n) is 4.21. The van der Waals surface area contributed by atoms with Crippen molar-refractivity contribution in [1.82, 2.24) is 5.32 Å². The Morgan fingerprint density at radius 1 is 0.950 bits per heavy atom. The molecule has 1 N–H and O–H groups in total. The molecule has 0 saturated heterocycles. The van der Waals surface area contributed by atoms with Gasteiger partial charge in [0.05, 0.1) is 0 Å². The van der Waals surface area contributed by atoms with Gasteiger partial charge in [-0.05, 0) is 35.4 Å². The number of hydrogen-bond acceptors (Lipinski definition) is 1. The highest BCUT2D eigenvalue weighted by Crippen LogP contribution is 2.34. The minimum atomic E-state index is 0.767. The van der Waals surface area contributed by atoms with Crippen molar-refractivity contribution < 1.29 is 0 Å². The average molecular weight is 265 g/mol. The highest BCUT2D eigenvalue weighted by Gasteiger charge is 2.35. The zero-order valence-corrected chi connectivity index (χ0v) is 12.2. The fraction of sp³-hybridized carbons (Fsp3) is 0.368. The Labute approximate surface area is 122 Å². The standard InChI is InChI=1S/C19H23N/c1-2-6-18-13-19(18)20-14-15-9-11-17(12-10-15)16-7-4-3-5-8-16/h3-5,7-12,18-20H,2,6,13-14H2,1H3. The average Bonchev–Trinajstić information content (AvgIpc) is 3.25. The summed E-state index contributed by atoms with van der Waals surface area (Å²) < 4.78 is 0. The first-order valence-electron chi connectivity index (χ1n) is 7.74. The molecule has 3 rings (SSSR count). The van der Waals surface area contributed by atoms with Gasteiger partial charge >= 0.3 is 0 Å². The smallest absolute Gasteiger partial charge is 0.0208 e. The van der Waals surface area contributed by atoms with E-state index in [9.17, 15) is 0 Å². The Balaban J connectivity index is 1.55. The van der Waals surface area contributed by atoms with Gasteiger partial charge in [0.1, 0.15) is 0 Å². The third kappa shape index (κ3) is 3.29. The maximum Gasteiger partial charge on any atom is 0.0208 e. The van der Waals surface area contributed by atoms with Crippen LogP contribution in [-0.4, -0.2) is 6.04 Å². The summed E-state index contributed by atoms with van der Waals surface area (Å²) in [5, 5.41) is 3.67. The number of benzene rings is 2. The van der Waals surface area contributed by atoms with Crippen molar-refractivity contribution >= 4 is 0 Å². The van der Waals surface area contributed by atoms with E-state index in [0.717, 1.165) is 18.5 Å². The van der Waals surface area contributed by atoms with E-state index < -0.39 is 0 Å². The highest BCUT2D eigenvalue weighted by molar-refractivity contribution is 5.63. The van der Waals surface area contributed by atoms with Crippen LogP contribution in [0.3, 0.4) is 0 Å². The minimum absolute atomic E-state index is 0.767. The first-order chi connectivity index (χ1) is 9.86. The molecule has 0 bridgehead atoms. The summed E-state index contributed by atoms with van der Waals surface area (Å²) in [6.07, 6.45) is 4.06. The van der Waals surface area contributed by atoms with Gasteiger partial charge in [0, 0.05) is 12.6 Å². The number of nitrogens with one attached hydrogen (secondary N) is 1. The molecule has 1 saturated carbocycles. The molecule has 0 amide bonds. The van der Waals surface area contributed by atoms with Gasteiger partial charge in [-0.1, -0.05) is 67.9 Å². The predicted molar refractivity (Wildman–Crippen MR) is 85.5 cm³/mol. The lowest BCUT2D eigenvalue weighted by molar-refractivity contribution is 0.599. The summed E-state index contributed by atoms with van der Waals surface area (Å²) in [4.78, 5) is 0. The van der Waals surface area contributed by atoms with Crippen molar-refractivity contribution in [1.29, 1.82) is 0 Å². The number of hydrogen-bond donors (Lipinski definition) is 1. The second kappa shape index (κ2) is 6.23. The molecule has 2 atom stereocenters. The Morgan fingerprint density at radius 2 is 1.65 bits per heavy atom. The lowest BCUT2D eigenvalue weighted by atomic mass is 10.0. The van der Waals surface area contributed by atoms with Crippen LogP contribution in [0.25, 0.3) is 11.1 Å². The molecule has 0 heterocycles. The van der Waals surface area contributed by atoms with E-state index in [4.69, 9.17) is 0 Å². The van der Waals surface area contributed by atoms with Crippen LogP contribution in [0.2, 0.25) is 0 Å². The molecule has 0 spiro atoms. The molecule has 0 aliphatic heterocycles. The quantitative estimate of drug-likeness (QED) is 0.803. The molecule has 2 unspecified atom stereocenters. The molecule has 1 fully saturated rings. The van der Waals surface area contributed by atoms with Crippen LogP contribution >= 0.6 is 0 Å². The van der Waals surface area contributed by atoms with E-state index >= 15 is 0 Å². The van der Waals surface area contributed by atoms with Crippen LogP contribution in [0.1, 0.15) is 31.7 Å². The van der Waals surface area contributed by atoms with Crippen LogP contribution in [0.15, 0.2) is 54.6 Å². The molecule has 2 aromatic rings. The second-order valence-electron chi connectivity index (χ2n) is 5.83. The van der Waals surface area contributed by atoms with Crippen molar-refractivity contribution in [3.8, 4) is 11.1 Å². The Kier molecular flexibility index (Phi) is 4.17. The van der Waals surface area contributed by atoms with Gasteiger partial charge in [-0.15, -0.1) is 0 Å². The fourth-order valence-corrected chi connectivity index (χ4v) is 2.88. The summed E-state index contributed by atoms with van der Waals surface area (Å²) in [6, 6.07) is 20.3. The molecule has 0 radical (unpaired) electrons. The Hall–Kier alpha value is -1.60. The summed E-state index contributed by atoms with van der Waals surface area (Å²) in [6.45, 7) is 3.28. The number of rotatable bonds is 6. The maximum absolute atomic E-state index is 3.67. The Morgan fingerprint density at radius 3 is 2.35 bits per heavy atom. The maximum atomic E-state index is 3.67.